The molecule has 1 aromatic carbocycles. The Hall–Kier alpha value is -0.580. The van der Waals surface area contributed by atoms with E-state index in [9.17, 15) is 0 Å². The molecule has 0 bridgehead atoms. The summed E-state index contributed by atoms with van der Waals surface area (Å²) in [7, 11) is 5.94. The molecule has 1 aromatic rings. The highest BCUT2D eigenvalue weighted by molar-refractivity contribution is 9.10. The average Bonchev–Trinajstić information content (AvgIpc) is 3.09. The van der Waals surface area contributed by atoms with Crippen LogP contribution in [-0.4, -0.2) is 39.2 Å². The first-order valence-corrected chi connectivity index (χ1v) is 7.53. The molecule has 0 aliphatic heterocycles. The summed E-state index contributed by atoms with van der Waals surface area (Å²) in [5.74, 6) is 0.889. The Morgan fingerprint density at radius 3 is 2.68 bits per heavy atom. The molecule has 1 fully saturated rings. The van der Waals surface area contributed by atoms with Crippen molar-refractivity contribution in [3.8, 4) is 5.75 Å². The van der Waals surface area contributed by atoms with E-state index >= 15 is 0 Å². The maximum absolute atomic E-state index is 5.26. The van der Waals surface area contributed by atoms with Crippen LogP contribution >= 0.6 is 15.9 Å². The van der Waals surface area contributed by atoms with Gasteiger partial charge < -0.3 is 15.0 Å². The lowest BCUT2D eigenvalue weighted by Crippen LogP contribution is -2.32. The zero-order valence-corrected chi connectivity index (χ0v) is 13.6. The van der Waals surface area contributed by atoms with Crippen LogP contribution in [0.3, 0.4) is 0 Å². The van der Waals surface area contributed by atoms with Gasteiger partial charge in [-0.25, -0.2) is 0 Å². The van der Waals surface area contributed by atoms with E-state index in [0.717, 1.165) is 29.9 Å². The Kier molecular flexibility index (Phi) is 4.87. The van der Waals surface area contributed by atoms with Gasteiger partial charge >= 0.3 is 0 Å². The first-order chi connectivity index (χ1) is 9.08. The molecule has 106 valence electrons. The zero-order valence-electron chi connectivity index (χ0n) is 12.0. The van der Waals surface area contributed by atoms with E-state index in [0.29, 0.717) is 5.41 Å². The molecule has 1 N–H and O–H groups in total. The van der Waals surface area contributed by atoms with Crippen molar-refractivity contribution in [3.05, 3.63) is 28.2 Å². The summed E-state index contributed by atoms with van der Waals surface area (Å²) in [4.78, 5) is 2.42. The van der Waals surface area contributed by atoms with E-state index in [1.807, 2.05) is 13.1 Å². The highest BCUT2D eigenvalue weighted by atomic mass is 79.9. The molecular weight excluding hydrogens is 304 g/mol. The monoisotopic (exact) mass is 326 g/mol. The molecule has 0 aromatic heterocycles. The first-order valence-electron chi connectivity index (χ1n) is 6.74. The number of rotatable bonds is 7. The van der Waals surface area contributed by atoms with Crippen LogP contribution in [0.25, 0.3) is 0 Å². The average molecular weight is 327 g/mol. The van der Waals surface area contributed by atoms with Gasteiger partial charge in [0.25, 0.3) is 0 Å². The molecule has 0 spiro atoms. The largest absolute Gasteiger partial charge is 0.496 e. The van der Waals surface area contributed by atoms with Gasteiger partial charge in [-0.05, 0) is 66.0 Å². The lowest BCUT2D eigenvalue weighted by atomic mass is 10.1. The standard InChI is InChI=1S/C15H23BrN2O/c1-17-10-15(6-7-15)11-18(2)9-12-4-5-14(19-3)13(16)8-12/h4-5,8,17H,6-7,9-11H2,1-3H3. The van der Waals surface area contributed by atoms with Gasteiger partial charge in [0.05, 0.1) is 11.6 Å². The molecule has 0 amide bonds. The van der Waals surface area contributed by atoms with Crippen LogP contribution < -0.4 is 10.1 Å². The van der Waals surface area contributed by atoms with Crippen LogP contribution in [-0.2, 0) is 6.54 Å². The van der Waals surface area contributed by atoms with Gasteiger partial charge in [-0.15, -0.1) is 0 Å². The molecule has 4 heteroatoms. The number of hydrogen-bond acceptors (Lipinski definition) is 3. The molecule has 3 nitrogen and oxygen atoms in total. The Labute approximate surface area is 124 Å². The van der Waals surface area contributed by atoms with Crippen LogP contribution in [0.2, 0.25) is 0 Å². The molecule has 0 heterocycles. The molecule has 0 radical (unpaired) electrons. The number of nitrogens with one attached hydrogen (secondary N) is 1. The summed E-state index contributed by atoms with van der Waals surface area (Å²) in [6.07, 6.45) is 2.70. The predicted molar refractivity (Wildman–Crippen MR) is 82.6 cm³/mol. The molecular formula is C15H23BrN2O. The van der Waals surface area contributed by atoms with E-state index in [1.54, 1.807) is 7.11 Å². The summed E-state index contributed by atoms with van der Waals surface area (Å²) in [6.45, 7) is 3.27. The quantitative estimate of drug-likeness (QED) is 0.833. The second-order valence-corrected chi connectivity index (χ2v) is 6.53. The van der Waals surface area contributed by atoms with Gasteiger partial charge in [0.15, 0.2) is 0 Å². The highest BCUT2D eigenvalue weighted by Gasteiger charge is 2.42. The molecule has 2 rings (SSSR count). The number of halogens is 1. The van der Waals surface area contributed by atoms with Gasteiger partial charge in [0, 0.05) is 19.6 Å². The van der Waals surface area contributed by atoms with E-state index in [1.165, 1.54) is 18.4 Å². The van der Waals surface area contributed by atoms with Gasteiger partial charge in [0.2, 0.25) is 0 Å². The van der Waals surface area contributed by atoms with Gasteiger partial charge in [0.1, 0.15) is 5.75 Å². The Bertz CT molecular complexity index is 432. The van der Waals surface area contributed by atoms with Gasteiger partial charge in [-0.1, -0.05) is 6.07 Å². The van der Waals surface area contributed by atoms with Crippen LogP contribution in [0.5, 0.6) is 5.75 Å². The predicted octanol–water partition coefficient (Wildman–Crippen LogP) is 2.89. The maximum atomic E-state index is 5.26. The third kappa shape index (κ3) is 3.94. The fraction of sp³-hybridized carbons (Fsp3) is 0.600. The van der Waals surface area contributed by atoms with Crippen molar-refractivity contribution in [2.45, 2.75) is 19.4 Å². The minimum atomic E-state index is 0.521. The van der Waals surface area contributed by atoms with Crippen LogP contribution in [0.1, 0.15) is 18.4 Å². The minimum Gasteiger partial charge on any atom is -0.496 e. The molecule has 0 unspecified atom stereocenters. The highest BCUT2D eigenvalue weighted by Crippen LogP contribution is 2.45. The minimum absolute atomic E-state index is 0.521. The third-order valence-electron chi connectivity index (χ3n) is 3.78. The van der Waals surface area contributed by atoms with Gasteiger partial charge in [-0.3, -0.25) is 0 Å². The number of methoxy groups -OCH3 is 1. The Morgan fingerprint density at radius 1 is 1.42 bits per heavy atom. The van der Waals surface area contributed by atoms with Crippen LogP contribution in [0.4, 0.5) is 0 Å². The summed E-state index contributed by atoms with van der Waals surface area (Å²) >= 11 is 3.54. The van der Waals surface area contributed by atoms with Crippen molar-refractivity contribution >= 4 is 15.9 Å². The summed E-state index contributed by atoms with van der Waals surface area (Å²) in [6, 6.07) is 6.30. The van der Waals surface area contributed by atoms with E-state index in [2.05, 4.69) is 45.3 Å². The van der Waals surface area contributed by atoms with Crippen molar-refractivity contribution in [1.29, 1.82) is 0 Å². The van der Waals surface area contributed by atoms with Crippen molar-refractivity contribution in [2.75, 3.05) is 34.3 Å². The second-order valence-electron chi connectivity index (χ2n) is 5.67. The maximum Gasteiger partial charge on any atom is 0.133 e. The smallest absolute Gasteiger partial charge is 0.133 e. The number of benzene rings is 1. The van der Waals surface area contributed by atoms with Gasteiger partial charge in [-0.2, -0.15) is 0 Å². The molecule has 19 heavy (non-hydrogen) atoms. The zero-order chi connectivity index (χ0) is 13.9. The number of hydrogen-bond donors (Lipinski definition) is 1. The van der Waals surface area contributed by atoms with Crippen molar-refractivity contribution < 1.29 is 4.74 Å². The summed E-state index contributed by atoms with van der Waals surface area (Å²) in [5.41, 5.74) is 1.84. The fourth-order valence-electron chi connectivity index (χ4n) is 2.69. The molecule has 1 saturated carbocycles. The SMILES string of the molecule is CNCC1(CN(C)Cc2ccc(OC)c(Br)c2)CC1. The summed E-state index contributed by atoms with van der Waals surface area (Å²) < 4.78 is 6.28. The van der Waals surface area contributed by atoms with Crippen molar-refractivity contribution in [1.82, 2.24) is 10.2 Å². The molecule has 1 aliphatic rings. The van der Waals surface area contributed by atoms with E-state index in [4.69, 9.17) is 4.74 Å². The number of ether oxygens (including phenoxy) is 1. The molecule has 1 aliphatic carbocycles. The Balaban J connectivity index is 1.92. The van der Waals surface area contributed by atoms with Crippen molar-refractivity contribution in [3.63, 3.8) is 0 Å². The Morgan fingerprint density at radius 2 is 2.16 bits per heavy atom. The number of nitrogens with zero attached hydrogens (tertiary/aromatic N) is 1. The third-order valence-corrected chi connectivity index (χ3v) is 4.40. The lowest BCUT2D eigenvalue weighted by molar-refractivity contribution is 0.252. The second kappa shape index (κ2) is 6.25. The summed E-state index contributed by atoms with van der Waals surface area (Å²) in [5, 5.41) is 3.31. The molecule has 0 saturated heterocycles. The van der Waals surface area contributed by atoms with E-state index < -0.39 is 0 Å². The van der Waals surface area contributed by atoms with Crippen LogP contribution in [0, 0.1) is 5.41 Å². The van der Waals surface area contributed by atoms with Crippen molar-refractivity contribution in [2.24, 2.45) is 5.41 Å². The first kappa shape index (κ1) is 14.8. The van der Waals surface area contributed by atoms with Crippen LogP contribution in [0.15, 0.2) is 22.7 Å². The fourth-order valence-corrected chi connectivity index (χ4v) is 3.28. The topological polar surface area (TPSA) is 24.5 Å². The normalized spacial score (nSPS) is 16.7. The molecule has 0 atom stereocenters. The van der Waals surface area contributed by atoms with E-state index in [-0.39, 0.29) is 0 Å². The lowest BCUT2D eigenvalue weighted by Gasteiger charge is -2.23.